The van der Waals surface area contributed by atoms with E-state index in [9.17, 15) is 9.59 Å². The molecular formula is C16H25NO3. The average Bonchev–Trinajstić information content (AvgIpc) is 2.47. The Bertz CT molecular complexity index is 390. The van der Waals surface area contributed by atoms with Crippen molar-refractivity contribution in [1.82, 2.24) is 5.32 Å². The van der Waals surface area contributed by atoms with Crippen LogP contribution >= 0.6 is 0 Å². The van der Waals surface area contributed by atoms with Crippen molar-refractivity contribution in [3.05, 3.63) is 35.9 Å². The lowest BCUT2D eigenvalue weighted by Gasteiger charge is -2.16. The predicted molar refractivity (Wildman–Crippen MR) is 80.7 cm³/mol. The van der Waals surface area contributed by atoms with E-state index in [1.54, 1.807) is 0 Å². The van der Waals surface area contributed by atoms with Gasteiger partial charge in [0, 0.05) is 12.5 Å². The van der Waals surface area contributed by atoms with Crippen molar-refractivity contribution < 1.29 is 14.3 Å². The molecule has 0 fully saturated rings. The molecule has 0 aliphatic heterocycles. The molecule has 0 aromatic heterocycles. The monoisotopic (exact) mass is 279 g/mol. The molecule has 1 aromatic rings. The molecule has 112 valence electrons. The van der Waals surface area contributed by atoms with Crippen LogP contribution in [0.15, 0.2) is 30.3 Å². The highest BCUT2D eigenvalue weighted by Crippen LogP contribution is 2.08. The minimum Gasteiger partial charge on any atom is -0.453 e. The highest BCUT2D eigenvalue weighted by atomic mass is 16.5. The maximum Gasteiger partial charge on any atom is 0.407 e. The van der Waals surface area contributed by atoms with Crippen LogP contribution in [0.3, 0.4) is 0 Å². The van der Waals surface area contributed by atoms with Crippen molar-refractivity contribution in [3.63, 3.8) is 0 Å². The summed E-state index contributed by atoms with van der Waals surface area (Å²) in [6.45, 7) is 5.52. The summed E-state index contributed by atoms with van der Waals surface area (Å²) >= 11 is 0. The molecule has 1 N–H and O–H groups in total. The van der Waals surface area contributed by atoms with E-state index in [4.69, 9.17) is 0 Å². The van der Waals surface area contributed by atoms with Gasteiger partial charge in [0.05, 0.1) is 7.11 Å². The van der Waals surface area contributed by atoms with E-state index in [0.29, 0.717) is 6.42 Å². The fraction of sp³-hybridized carbons (Fsp3) is 0.500. The molecule has 1 atom stereocenters. The molecule has 1 rings (SSSR count). The summed E-state index contributed by atoms with van der Waals surface area (Å²) in [4.78, 5) is 22.3. The van der Waals surface area contributed by atoms with Crippen LogP contribution in [0.25, 0.3) is 0 Å². The number of carbonyl (C=O) groups excluding carboxylic acids is 2. The molecule has 0 aliphatic carbocycles. The largest absolute Gasteiger partial charge is 0.453 e. The van der Waals surface area contributed by atoms with Crippen molar-refractivity contribution >= 4 is 11.9 Å². The Hall–Kier alpha value is -1.84. The van der Waals surface area contributed by atoms with Crippen LogP contribution in [0, 0.1) is 0 Å². The van der Waals surface area contributed by atoms with Gasteiger partial charge in [-0.25, -0.2) is 4.79 Å². The molecule has 1 unspecified atom stereocenters. The number of nitrogens with one attached hydrogen (secondary N) is 1. The molecule has 0 aliphatic rings. The molecule has 0 saturated heterocycles. The van der Waals surface area contributed by atoms with Gasteiger partial charge in [0.25, 0.3) is 0 Å². The summed E-state index contributed by atoms with van der Waals surface area (Å²) in [5.41, 5.74) is 1.19. The van der Waals surface area contributed by atoms with Gasteiger partial charge in [0.15, 0.2) is 0 Å². The summed E-state index contributed by atoms with van der Waals surface area (Å²) in [6.07, 6.45) is 1.39. The first kappa shape index (κ1) is 18.2. The highest BCUT2D eigenvalue weighted by Gasteiger charge is 2.14. The number of Topliss-reactive ketones (excluding diaryl/α,β-unsaturated/α-hetero) is 1. The Morgan fingerprint density at radius 1 is 1.20 bits per heavy atom. The van der Waals surface area contributed by atoms with Gasteiger partial charge in [-0.3, -0.25) is 4.79 Å². The van der Waals surface area contributed by atoms with Crippen LogP contribution in [0.5, 0.6) is 0 Å². The van der Waals surface area contributed by atoms with E-state index in [0.717, 1.165) is 12.8 Å². The maximum absolute atomic E-state index is 11.2. The number of aryl methyl sites for hydroxylation is 1. The second-order valence-corrected chi connectivity index (χ2v) is 4.26. The molecular weight excluding hydrogens is 254 g/mol. The quantitative estimate of drug-likeness (QED) is 0.868. The summed E-state index contributed by atoms with van der Waals surface area (Å²) in [5, 5.41) is 2.69. The van der Waals surface area contributed by atoms with Gasteiger partial charge in [0.2, 0.25) is 0 Å². The zero-order valence-electron chi connectivity index (χ0n) is 12.8. The fourth-order valence-electron chi connectivity index (χ4n) is 1.78. The zero-order chi connectivity index (χ0) is 15.4. The lowest BCUT2D eigenvalue weighted by Crippen LogP contribution is -2.36. The van der Waals surface area contributed by atoms with E-state index in [2.05, 4.69) is 10.1 Å². The molecule has 0 radical (unpaired) electrons. The molecule has 1 aromatic carbocycles. The molecule has 0 saturated carbocycles. The van der Waals surface area contributed by atoms with E-state index >= 15 is 0 Å². The number of rotatable bonds is 6. The molecule has 20 heavy (non-hydrogen) atoms. The second-order valence-electron chi connectivity index (χ2n) is 4.26. The number of alkyl carbamates (subject to hydrolysis) is 1. The van der Waals surface area contributed by atoms with Gasteiger partial charge in [0.1, 0.15) is 5.78 Å². The second kappa shape index (κ2) is 11.0. The van der Waals surface area contributed by atoms with Gasteiger partial charge >= 0.3 is 6.09 Å². The van der Waals surface area contributed by atoms with Crippen LogP contribution in [0.1, 0.15) is 39.2 Å². The number of carbonyl (C=O) groups is 2. The maximum atomic E-state index is 11.2. The van der Waals surface area contributed by atoms with Gasteiger partial charge < -0.3 is 10.1 Å². The molecule has 1 amide bonds. The number of ketones is 1. The topological polar surface area (TPSA) is 55.4 Å². The number of ether oxygens (including phenoxy) is 1. The summed E-state index contributed by atoms with van der Waals surface area (Å²) < 4.78 is 4.55. The molecule has 4 nitrogen and oxygen atoms in total. The first-order chi connectivity index (χ1) is 9.61. The highest BCUT2D eigenvalue weighted by molar-refractivity contribution is 5.77. The van der Waals surface area contributed by atoms with Crippen LogP contribution in [-0.2, 0) is 16.0 Å². The lowest BCUT2D eigenvalue weighted by atomic mass is 10.0. The Labute approximate surface area is 121 Å². The number of methoxy groups -OCH3 is 1. The van der Waals surface area contributed by atoms with Crippen molar-refractivity contribution in [2.24, 2.45) is 0 Å². The van der Waals surface area contributed by atoms with Crippen LogP contribution in [0.4, 0.5) is 4.79 Å². The number of amides is 1. The van der Waals surface area contributed by atoms with E-state index in [1.165, 1.54) is 19.6 Å². The van der Waals surface area contributed by atoms with Gasteiger partial charge in [-0.15, -0.1) is 0 Å². The van der Waals surface area contributed by atoms with Crippen molar-refractivity contribution in [1.29, 1.82) is 0 Å². The standard InChI is InChI=1S/C14H19NO3.C2H6/c1-11(16)10-13(15-14(17)18-2)9-8-12-6-4-3-5-7-12;1-2/h3-7,13H,8-10H2,1-2H3,(H,15,17);1-2H3. The van der Waals surface area contributed by atoms with Gasteiger partial charge in [-0.05, 0) is 25.3 Å². The summed E-state index contributed by atoms with van der Waals surface area (Å²) in [6, 6.07) is 9.80. The smallest absolute Gasteiger partial charge is 0.407 e. The van der Waals surface area contributed by atoms with Crippen molar-refractivity contribution in [3.8, 4) is 0 Å². The third-order valence-corrected chi connectivity index (χ3v) is 2.67. The van der Waals surface area contributed by atoms with Gasteiger partial charge in [-0.2, -0.15) is 0 Å². The van der Waals surface area contributed by atoms with Crippen molar-refractivity contribution in [2.75, 3.05) is 7.11 Å². The van der Waals surface area contributed by atoms with Crippen LogP contribution < -0.4 is 5.32 Å². The summed E-state index contributed by atoms with van der Waals surface area (Å²) in [5.74, 6) is 0.0597. The number of benzene rings is 1. The molecule has 4 heteroatoms. The van der Waals surface area contributed by atoms with Crippen LogP contribution in [0.2, 0.25) is 0 Å². The minimum atomic E-state index is -0.491. The zero-order valence-corrected chi connectivity index (χ0v) is 12.8. The third kappa shape index (κ3) is 8.29. The van der Waals surface area contributed by atoms with E-state index < -0.39 is 6.09 Å². The van der Waals surface area contributed by atoms with E-state index in [1.807, 2.05) is 44.2 Å². The Kier molecular flexibility index (Phi) is 10.0. The number of hydrogen-bond donors (Lipinski definition) is 1. The predicted octanol–water partition coefficient (Wildman–Crippen LogP) is 3.35. The average molecular weight is 279 g/mol. The Morgan fingerprint density at radius 3 is 2.30 bits per heavy atom. The van der Waals surface area contributed by atoms with Crippen molar-refractivity contribution in [2.45, 2.75) is 46.1 Å². The fourth-order valence-corrected chi connectivity index (χ4v) is 1.78. The van der Waals surface area contributed by atoms with E-state index in [-0.39, 0.29) is 11.8 Å². The Morgan fingerprint density at radius 2 is 1.80 bits per heavy atom. The Balaban J connectivity index is 0.00000172. The SMILES string of the molecule is CC.COC(=O)NC(CCc1ccccc1)CC(C)=O. The molecule has 0 spiro atoms. The summed E-state index contributed by atoms with van der Waals surface area (Å²) in [7, 11) is 1.32. The van der Waals surface area contributed by atoms with Crippen LogP contribution in [-0.4, -0.2) is 25.0 Å². The number of hydrogen-bond acceptors (Lipinski definition) is 3. The molecule has 0 bridgehead atoms. The third-order valence-electron chi connectivity index (χ3n) is 2.67. The molecule has 0 heterocycles. The first-order valence-corrected chi connectivity index (χ1v) is 6.99. The van der Waals surface area contributed by atoms with Gasteiger partial charge in [-0.1, -0.05) is 44.2 Å². The minimum absolute atomic E-state index is 0.0597. The lowest BCUT2D eigenvalue weighted by molar-refractivity contribution is -0.117. The normalized spacial score (nSPS) is 10.8. The first-order valence-electron chi connectivity index (χ1n) is 6.99.